The van der Waals surface area contributed by atoms with Gasteiger partial charge in [0.05, 0.1) is 51.7 Å². The zero-order chi connectivity index (χ0) is 42.4. The highest BCUT2D eigenvalue weighted by Gasteiger charge is 2.27. The van der Waals surface area contributed by atoms with Gasteiger partial charge in [-0.25, -0.2) is 15.2 Å². The Morgan fingerprint density at radius 2 is 1.43 bits per heavy atom. The van der Waals surface area contributed by atoms with Crippen LogP contribution in [0.25, 0.3) is 0 Å². The smallest absolute Gasteiger partial charge is 0.315 e. The van der Waals surface area contributed by atoms with E-state index in [1.165, 1.54) is 5.56 Å². The molecule has 16 nitrogen and oxygen atoms in total. The number of ether oxygens (including phenoxy) is 4. The third kappa shape index (κ3) is 17.9. The van der Waals surface area contributed by atoms with Crippen molar-refractivity contribution < 1.29 is 38.1 Å². The molecule has 3 fully saturated rings. The average Bonchev–Trinajstić information content (AvgIpc) is 3.85. The monoisotopic (exact) mass is 856 g/mol. The molecular weight excluding hydrogens is 792 g/mol. The molecule has 332 valence electrons. The Balaban J connectivity index is 0.794. The van der Waals surface area contributed by atoms with E-state index in [4.69, 9.17) is 30.5 Å². The van der Waals surface area contributed by atoms with E-state index in [9.17, 15) is 19.2 Å². The van der Waals surface area contributed by atoms with Crippen molar-refractivity contribution in [1.82, 2.24) is 42.6 Å². The predicted octanol–water partition coefficient (Wildman–Crippen LogP) is 3.45. The molecule has 2 saturated heterocycles. The molecule has 5 amide bonds. The molecule has 2 heterocycles. The van der Waals surface area contributed by atoms with Crippen molar-refractivity contribution in [3.05, 3.63) is 64.7 Å². The van der Waals surface area contributed by atoms with Gasteiger partial charge in [0.1, 0.15) is 5.75 Å². The summed E-state index contributed by atoms with van der Waals surface area (Å²) in [6.45, 7) is 6.86. The van der Waals surface area contributed by atoms with Crippen LogP contribution in [0.1, 0.15) is 88.3 Å². The van der Waals surface area contributed by atoms with Crippen LogP contribution in [0.15, 0.2) is 48.5 Å². The fourth-order valence-electron chi connectivity index (χ4n) is 7.48. The maximum absolute atomic E-state index is 12.7. The van der Waals surface area contributed by atoms with E-state index in [1.807, 2.05) is 6.92 Å². The van der Waals surface area contributed by atoms with Gasteiger partial charge in [0.2, 0.25) is 11.8 Å². The topological polar surface area (TPSA) is 193 Å². The summed E-state index contributed by atoms with van der Waals surface area (Å²) < 4.78 is 22.4. The van der Waals surface area contributed by atoms with Gasteiger partial charge in [-0.15, -0.1) is 0 Å². The van der Waals surface area contributed by atoms with Crippen LogP contribution in [0, 0.1) is 0 Å². The summed E-state index contributed by atoms with van der Waals surface area (Å²) in [6, 6.07) is 15.9. The fraction of sp³-hybridized carbons (Fsp3) is 0.628. The first-order chi connectivity index (χ1) is 29.2. The van der Waals surface area contributed by atoms with Crippen LogP contribution in [-0.2, 0) is 35.0 Å². The molecule has 7 N–H and O–H groups in total. The molecule has 2 aromatic rings. The molecule has 60 heavy (non-hydrogen) atoms. The molecule has 0 spiro atoms. The minimum atomic E-state index is -0.151. The van der Waals surface area contributed by atoms with Crippen LogP contribution in [0.3, 0.4) is 0 Å². The zero-order valence-electron chi connectivity index (χ0n) is 34.9. The average molecular weight is 857 g/mol. The lowest BCUT2D eigenvalue weighted by Gasteiger charge is -2.29. The van der Waals surface area contributed by atoms with Gasteiger partial charge in [-0.1, -0.05) is 48.7 Å². The number of carbonyl (C=O) groups excluding carboxylic acids is 4. The lowest BCUT2D eigenvalue weighted by molar-refractivity contribution is -0.125. The molecule has 1 saturated carbocycles. The second-order valence-electron chi connectivity index (χ2n) is 15.7. The number of unbranched alkanes of at least 4 members (excludes halogenated alkanes) is 2. The summed E-state index contributed by atoms with van der Waals surface area (Å²) in [7, 11) is 0. The lowest BCUT2D eigenvalue weighted by atomic mass is 9.91. The molecule has 3 aliphatic rings. The van der Waals surface area contributed by atoms with E-state index in [1.54, 1.807) is 24.3 Å². The summed E-state index contributed by atoms with van der Waals surface area (Å²) in [5.41, 5.74) is 8.85. The SMILES string of the molecule is C[C@@H]1NC(=O)N[C@@H]1CCCCCC(=O)NCCOCCOCCOCCN1CC(c2ccc(CCC(=O)N[C@H]3CC[C@H](NC(=O)COc4ccc(Cl)cc4)CC3)cc2)NN1. The zero-order valence-corrected chi connectivity index (χ0v) is 35.7. The number of amides is 5. The van der Waals surface area contributed by atoms with E-state index >= 15 is 0 Å². The van der Waals surface area contributed by atoms with E-state index in [-0.39, 0.29) is 60.6 Å². The third-order valence-corrected chi connectivity index (χ3v) is 11.2. The molecule has 0 aromatic heterocycles. The summed E-state index contributed by atoms with van der Waals surface area (Å²) in [5, 5.41) is 17.6. The van der Waals surface area contributed by atoms with Crippen molar-refractivity contribution in [2.45, 2.75) is 108 Å². The number of hydrogen-bond donors (Lipinski definition) is 7. The standard InChI is InChI=1S/C43H65ClN8O8/c1-31-38(49-43(56)46-31)5-3-2-4-6-40(53)45-21-23-57-25-27-59-28-26-58-24-22-52-29-39(50-51-52)33-10-7-32(8-11-33)9-20-41(54)47-35-14-16-36(17-15-35)48-42(55)30-60-37-18-12-34(44)13-19-37/h7-8,10-13,18-19,31,35-36,38-39,50-51H,2-6,9,14-17,20-30H2,1H3,(H,45,53)(H,47,54)(H,48,55)(H2,46,49,56)/t31-,35-,36-,38+,39?/m0/s1. The number of nitrogens with one attached hydrogen (secondary N) is 7. The minimum Gasteiger partial charge on any atom is -0.484 e. The van der Waals surface area contributed by atoms with Crippen molar-refractivity contribution in [2.24, 2.45) is 0 Å². The van der Waals surface area contributed by atoms with Crippen LogP contribution >= 0.6 is 11.6 Å². The number of urea groups is 1. The van der Waals surface area contributed by atoms with Crippen LogP contribution in [0.5, 0.6) is 5.75 Å². The van der Waals surface area contributed by atoms with Gasteiger partial charge in [0, 0.05) is 55.6 Å². The Kier molecular flexibility index (Phi) is 20.6. The predicted molar refractivity (Wildman–Crippen MR) is 228 cm³/mol. The molecule has 2 aromatic carbocycles. The number of benzene rings is 2. The second-order valence-corrected chi connectivity index (χ2v) is 16.2. The van der Waals surface area contributed by atoms with E-state index in [0.29, 0.717) is 76.2 Å². The Bertz CT molecular complexity index is 1600. The van der Waals surface area contributed by atoms with Gasteiger partial charge in [-0.2, -0.15) is 5.53 Å². The van der Waals surface area contributed by atoms with E-state index in [2.05, 4.69) is 66.8 Å². The first kappa shape index (κ1) is 47.0. The first-order valence-electron chi connectivity index (χ1n) is 21.6. The van der Waals surface area contributed by atoms with Crippen LogP contribution in [0.4, 0.5) is 4.79 Å². The number of aryl methyl sites for hydroxylation is 1. The normalized spacial score (nSPS) is 21.6. The quantitative estimate of drug-likeness (QED) is 0.0652. The van der Waals surface area contributed by atoms with Gasteiger partial charge in [0.25, 0.3) is 5.91 Å². The van der Waals surface area contributed by atoms with Gasteiger partial charge in [-0.05, 0) is 87.3 Å². The second kappa shape index (κ2) is 26.3. The summed E-state index contributed by atoms with van der Waals surface area (Å²) in [5.74, 6) is 0.537. The van der Waals surface area contributed by atoms with E-state index in [0.717, 1.165) is 70.0 Å². The largest absolute Gasteiger partial charge is 0.484 e. The molecule has 2 aliphatic heterocycles. The van der Waals surface area contributed by atoms with Crippen LogP contribution in [0.2, 0.25) is 5.02 Å². The number of hydrogen-bond acceptors (Lipinski definition) is 11. The Morgan fingerprint density at radius 1 is 0.767 bits per heavy atom. The molecule has 17 heteroatoms. The number of hydrazine groups is 2. The molecule has 5 rings (SSSR count). The van der Waals surface area contributed by atoms with Crippen LogP contribution < -0.4 is 42.3 Å². The summed E-state index contributed by atoms with van der Waals surface area (Å²) >= 11 is 5.89. The molecule has 0 radical (unpaired) electrons. The van der Waals surface area contributed by atoms with Crippen molar-refractivity contribution in [2.75, 3.05) is 65.9 Å². The minimum absolute atomic E-state index is 0.0342. The lowest BCUT2D eigenvalue weighted by Crippen LogP contribution is -2.44. The summed E-state index contributed by atoms with van der Waals surface area (Å²) in [4.78, 5) is 48.4. The summed E-state index contributed by atoms with van der Waals surface area (Å²) in [6.07, 6.45) is 8.59. The molecule has 0 bridgehead atoms. The molecule has 1 aliphatic carbocycles. The Morgan fingerprint density at radius 3 is 2.12 bits per heavy atom. The van der Waals surface area contributed by atoms with Gasteiger partial charge in [-0.3, -0.25) is 14.4 Å². The fourth-order valence-corrected chi connectivity index (χ4v) is 7.61. The Hall–Kier alpha value is -4.03. The molecule has 1 unspecified atom stereocenters. The first-order valence-corrected chi connectivity index (χ1v) is 22.0. The number of halogens is 1. The number of carbonyl (C=O) groups is 4. The maximum Gasteiger partial charge on any atom is 0.315 e. The maximum atomic E-state index is 12.7. The van der Waals surface area contributed by atoms with Gasteiger partial charge < -0.3 is 45.5 Å². The van der Waals surface area contributed by atoms with Gasteiger partial charge >= 0.3 is 6.03 Å². The van der Waals surface area contributed by atoms with Crippen molar-refractivity contribution in [3.8, 4) is 5.75 Å². The van der Waals surface area contributed by atoms with Crippen molar-refractivity contribution in [1.29, 1.82) is 0 Å². The third-order valence-electron chi connectivity index (χ3n) is 11.0. The highest BCUT2D eigenvalue weighted by molar-refractivity contribution is 6.30. The number of rotatable bonds is 27. The van der Waals surface area contributed by atoms with E-state index < -0.39 is 0 Å². The highest BCUT2D eigenvalue weighted by atomic mass is 35.5. The Labute approximate surface area is 359 Å². The van der Waals surface area contributed by atoms with Crippen molar-refractivity contribution in [3.63, 3.8) is 0 Å². The van der Waals surface area contributed by atoms with Crippen molar-refractivity contribution >= 4 is 35.4 Å². The molecule has 3 atom stereocenters. The van der Waals surface area contributed by atoms with Crippen LogP contribution in [-0.4, -0.2) is 119 Å². The molecular formula is C43H65ClN8O8. The highest BCUT2D eigenvalue weighted by Crippen LogP contribution is 2.21. The van der Waals surface area contributed by atoms with Gasteiger partial charge in [0.15, 0.2) is 6.61 Å². The number of nitrogens with zero attached hydrogens (tertiary/aromatic N) is 1.